The molecule has 3 nitrogen and oxygen atoms in total. The molecule has 1 aliphatic heterocycles. The van der Waals surface area contributed by atoms with E-state index in [2.05, 4.69) is 6.08 Å². The molecule has 3 heteroatoms. The number of ether oxygens (including phenoxy) is 3. The van der Waals surface area contributed by atoms with E-state index in [0.717, 1.165) is 18.6 Å². The molecule has 0 amide bonds. The maximum atomic E-state index is 5.61. The summed E-state index contributed by atoms with van der Waals surface area (Å²) in [4.78, 5) is 0. The molecular formula is C13H20O3. The summed E-state index contributed by atoms with van der Waals surface area (Å²) < 4.78 is 15.9. The summed E-state index contributed by atoms with van der Waals surface area (Å²) >= 11 is 0. The van der Waals surface area contributed by atoms with Gasteiger partial charge in [-0.2, -0.15) is 0 Å². The lowest BCUT2D eigenvalue weighted by Crippen LogP contribution is -2.18. The third kappa shape index (κ3) is 2.18. The van der Waals surface area contributed by atoms with E-state index in [1.54, 1.807) is 26.7 Å². The van der Waals surface area contributed by atoms with E-state index in [4.69, 9.17) is 14.2 Å². The molecule has 0 saturated heterocycles. The normalized spacial score (nSPS) is 32.4. The van der Waals surface area contributed by atoms with Gasteiger partial charge in [0.05, 0.1) is 26.4 Å². The molecule has 0 radical (unpaired) electrons. The Labute approximate surface area is 97.1 Å². The van der Waals surface area contributed by atoms with Crippen molar-refractivity contribution in [2.75, 3.05) is 14.2 Å². The molecule has 0 spiro atoms. The van der Waals surface area contributed by atoms with Crippen molar-refractivity contribution in [3.8, 4) is 0 Å². The van der Waals surface area contributed by atoms with E-state index in [1.165, 1.54) is 12.8 Å². The Balaban J connectivity index is 1.86. The van der Waals surface area contributed by atoms with E-state index in [9.17, 15) is 0 Å². The van der Waals surface area contributed by atoms with Crippen molar-refractivity contribution in [1.82, 2.24) is 0 Å². The van der Waals surface area contributed by atoms with Gasteiger partial charge in [-0.05, 0) is 37.7 Å². The number of rotatable bonds is 5. The Morgan fingerprint density at radius 3 is 3.06 bits per heavy atom. The van der Waals surface area contributed by atoms with Crippen molar-refractivity contribution < 1.29 is 14.2 Å². The third-order valence-corrected chi connectivity index (χ3v) is 3.59. The largest absolute Gasteiger partial charge is 0.505 e. The fourth-order valence-corrected chi connectivity index (χ4v) is 2.82. The minimum absolute atomic E-state index is 0.367. The average Bonchev–Trinajstić information content (AvgIpc) is 2.86. The van der Waals surface area contributed by atoms with Crippen LogP contribution in [0.1, 0.15) is 25.7 Å². The molecule has 1 fully saturated rings. The average molecular weight is 224 g/mol. The second-order valence-electron chi connectivity index (χ2n) is 4.45. The first-order chi connectivity index (χ1) is 7.86. The summed E-state index contributed by atoms with van der Waals surface area (Å²) in [5, 5.41) is 0. The van der Waals surface area contributed by atoms with Crippen molar-refractivity contribution in [2.45, 2.75) is 31.8 Å². The molecule has 16 heavy (non-hydrogen) atoms. The Morgan fingerprint density at radius 2 is 2.31 bits per heavy atom. The summed E-state index contributed by atoms with van der Waals surface area (Å²) in [6.45, 7) is 0. The number of hydrogen-bond donors (Lipinski definition) is 0. The molecule has 1 heterocycles. The molecular weight excluding hydrogens is 204 g/mol. The highest BCUT2D eigenvalue weighted by Gasteiger charge is 2.43. The Hall–Kier alpha value is -1.12. The summed E-state index contributed by atoms with van der Waals surface area (Å²) in [6, 6.07) is 0. The van der Waals surface area contributed by atoms with Gasteiger partial charge in [-0.3, -0.25) is 0 Å². The first kappa shape index (κ1) is 11.4. The highest BCUT2D eigenvalue weighted by atomic mass is 16.5. The predicted molar refractivity (Wildman–Crippen MR) is 61.6 cm³/mol. The lowest BCUT2D eigenvalue weighted by atomic mass is 9.90. The van der Waals surface area contributed by atoms with E-state index in [1.807, 2.05) is 0 Å². The minimum Gasteiger partial charge on any atom is -0.505 e. The van der Waals surface area contributed by atoms with Gasteiger partial charge in [-0.25, -0.2) is 0 Å². The van der Waals surface area contributed by atoms with Crippen LogP contribution in [0, 0.1) is 11.8 Å². The quantitative estimate of drug-likeness (QED) is 0.672. The van der Waals surface area contributed by atoms with Crippen LogP contribution in [0.3, 0.4) is 0 Å². The number of hydrogen-bond acceptors (Lipinski definition) is 3. The van der Waals surface area contributed by atoms with Gasteiger partial charge in [-0.15, -0.1) is 0 Å². The second-order valence-corrected chi connectivity index (χ2v) is 4.45. The molecule has 0 bridgehead atoms. The standard InChI is InChI=1S/C13H20O3/c1-14-8-4-3-5-10-6-7-11-13(10)12(15-2)9-16-11/h4,8-11,13H,3,5-7H2,1-2H3/t10-,11+,13-/m1/s1. The molecule has 0 unspecified atom stereocenters. The minimum atomic E-state index is 0.367. The summed E-state index contributed by atoms with van der Waals surface area (Å²) in [7, 11) is 3.41. The molecule has 0 aromatic carbocycles. The maximum absolute atomic E-state index is 5.61. The van der Waals surface area contributed by atoms with Crippen molar-refractivity contribution in [3.05, 3.63) is 24.4 Å². The van der Waals surface area contributed by atoms with E-state index in [-0.39, 0.29) is 0 Å². The Bertz CT molecular complexity index is 283. The van der Waals surface area contributed by atoms with E-state index < -0.39 is 0 Å². The Kier molecular flexibility index (Phi) is 3.75. The number of methoxy groups -OCH3 is 2. The van der Waals surface area contributed by atoms with Crippen molar-refractivity contribution in [1.29, 1.82) is 0 Å². The van der Waals surface area contributed by atoms with Gasteiger partial charge < -0.3 is 14.2 Å². The van der Waals surface area contributed by atoms with Gasteiger partial charge in [-0.1, -0.05) is 0 Å². The van der Waals surface area contributed by atoms with Gasteiger partial charge in [0.1, 0.15) is 18.1 Å². The van der Waals surface area contributed by atoms with E-state index in [0.29, 0.717) is 17.9 Å². The molecule has 3 atom stereocenters. The van der Waals surface area contributed by atoms with Crippen LogP contribution in [-0.2, 0) is 14.2 Å². The fourth-order valence-electron chi connectivity index (χ4n) is 2.82. The number of allylic oxidation sites excluding steroid dienone is 1. The van der Waals surface area contributed by atoms with Gasteiger partial charge in [0.15, 0.2) is 0 Å². The zero-order valence-electron chi connectivity index (χ0n) is 10.0. The monoisotopic (exact) mass is 224 g/mol. The first-order valence-electron chi connectivity index (χ1n) is 5.94. The van der Waals surface area contributed by atoms with Gasteiger partial charge in [0.2, 0.25) is 0 Å². The summed E-state index contributed by atoms with van der Waals surface area (Å²) in [5.41, 5.74) is 0. The molecule has 2 aliphatic rings. The van der Waals surface area contributed by atoms with Crippen molar-refractivity contribution >= 4 is 0 Å². The van der Waals surface area contributed by atoms with Crippen LogP contribution in [0.5, 0.6) is 0 Å². The highest BCUT2D eigenvalue weighted by Crippen LogP contribution is 2.45. The zero-order valence-corrected chi connectivity index (χ0v) is 10.0. The maximum Gasteiger partial charge on any atom is 0.137 e. The fraction of sp³-hybridized carbons (Fsp3) is 0.692. The topological polar surface area (TPSA) is 27.7 Å². The van der Waals surface area contributed by atoms with Crippen LogP contribution in [0.2, 0.25) is 0 Å². The SMILES string of the molecule is COC=CCC[C@@H]1CC[C@@H]2OC=C(OC)[C@H]12. The summed E-state index contributed by atoms with van der Waals surface area (Å²) in [6.07, 6.45) is 10.7. The smallest absolute Gasteiger partial charge is 0.137 e. The zero-order chi connectivity index (χ0) is 11.4. The highest BCUT2D eigenvalue weighted by molar-refractivity contribution is 5.10. The van der Waals surface area contributed by atoms with Gasteiger partial charge in [0, 0.05) is 0 Å². The molecule has 0 aromatic heterocycles. The lowest BCUT2D eigenvalue weighted by Gasteiger charge is -2.18. The van der Waals surface area contributed by atoms with Crippen LogP contribution in [0.25, 0.3) is 0 Å². The van der Waals surface area contributed by atoms with Crippen LogP contribution in [0.4, 0.5) is 0 Å². The molecule has 2 rings (SSSR count). The van der Waals surface area contributed by atoms with Crippen LogP contribution < -0.4 is 0 Å². The van der Waals surface area contributed by atoms with E-state index >= 15 is 0 Å². The molecule has 0 N–H and O–H groups in total. The Morgan fingerprint density at radius 1 is 1.44 bits per heavy atom. The first-order valence-corrected chi connectivity index (χ1v) is 5.94. The molecule has 1 saturated carbocycles. The second kappa shape index (κ2) is 5.28. The van der Waals surface area contributed by atoms with Crippen molar-refractivity contribution in [3.63, 3.8) is 0 Å². The number of fused-ring (bicyclic) bond motifs is 1. The van der Waals surface area contributed by atoms with Crippen LogP contribution >= 0.6 is 0 Å². The molecule has 0 aromatic rings. The van der Waals surface area contributed by atoms with Crippen LogP contribution in [0.15, 0.2) is 24.4 Å². The van der Waals surface area contributed by atoms with Gasteiger partial charge in [0.25, 0.3) is 0 Å². The van der Waals surface area contributed by atoms with Gasteiger partial charge >= 0.3 is 0 Å². The third-order valence-electron chi connectivity index (χ3n) is 3.59. The predicted octanol–water partition coefficient (Wildman–Crippen LogP) is 2.84. The summed E-state index contributed by atoms with van der Waals surface area (Å²) in [5.74, 6) is 2.21. The molecule has 1 aliphatic carbocycles. The van der Waals surface area contributed by atoms with Crippen molar-refractivity contribution in [2.24, 2.45) is 11.8 Å². The van der Waals surface area contributed by atoms with Crippen LogP contribution in [-0.4, -0.2) is 20.3 Å². The molecule has 90 valence electrons. The lowest BCUT2D eigenvalue weighted by molar-refractivity contribution is 0.133.